The van der Waals surface area contributed by atoms with Crippen LogP contribution < -0.4 is 0 Å². The molecule has 0 aliphatic heterocycles. The first kappa shape index (κ1) is 15.2. The monoisotopic (exact) mass is 283 g/mol. The highest BCUT2D eigenvalue weighted by Gasteiger charge is 2.17. The molecule has 0 bridgehead atoms. The van der Waals surface area contributed by atoms with Gasteiger partial charge in [0.2, 0.25) is 0 Å². The molecule has 21 heavy (non-hydrogen) atoms. The number of carboxylic acid groups (broad SMARTS) is 1. The van der Waals surface area contributed by atoms with Crippen molar-refractivity contribution in [3.63, 3.8) is 0 Å². The summed E-state index contributed by atoms with van der Waals surface area (Å²) in [7, 11) is 0. The summed E-state index contributed by atoms with van der Waals surface area (Å²) in [6.07, 6.45) is 3.78. The number of carboxylic acids is 1. The largest absolute Gasteiger partial charge is 0.478 e. The molecule has 2 aromatic rings. The first-order valence-electron chi connectivity index (χ1n) is 7.16. The van der Waals surface area contributed by atoms with Crippen LogP contribution in [0, 0.1) is 0 Å². The van der Waals surface area contributed by atoms with Gasteiger partial charge in [-0.05, 0) is 41.8 Å². The van der Waals surface area contributed by atoms with Crippen molar-refractivity contribution in [3.8, 4) is 0 Å². The Hall–Kier alpha value is -2.16. The zero-order valence-electron chi connectivity index (χ0n) is 13.0. The minimum Gasteiger partial charge on any atom is -0.478 e. The number of hydrogen-bond donors (Lipinski definition) is 1. The van der Waals surface area contributed by atoms with Crippen LogP contribution in [0.5, 0.6) is 0 Å². The number of aliphatic carboxylic acids is 1. The molecule has 0 aliphatic rings. The van der Waals surface area contributed by atoms with Crippen LogP contribution in [0.2, 0.25) is 0 Å². The van der Waals surface area contributed by atoms with Crippen molar-refractivity contribution < 1.29 is 9.90 Å². The molecule has 0 spiro atoms. The quantitative estimate of drug-likeness (QED) is 0.859. The number of pyridine rings is 1. The first-order chi connectivity index (χ1) is 9.81. The number of aromatic nitrogens is 1. The van der Waals surface area contributed by atoms with Crippen molar-refractivity contribution >= 4 is 22.9 Å². The first-order valence-corrected chi connectivity index (χ1v) is 7.16. The van der Waals surface area contributed by atoms with Gasteiger partial charge in [-0.25, -0.2) is 4.79 Å². The Balaban J connectivity index is 2.72. The zero-order valence-corrected chi connectivity index (χ0v) is 13.0. The topological polar surface area (TPSA) is 50.2 Å². The molecule has 110 valence electrons. The highest BCUT2D eigenvalue weighted by atomic mass is 16.4. The Morgan fingerprint density at radius 1 is 1.29 bits per heavy atom. The van der Waals surface area contributed by atoms with E-state index in [1.54, 1.807) is 6.08 Å². The third-order valence-corrected chi connectivity index (χ3v) is 3.49. The minimum absolute atomic E-state index is 0.0799. The molecule has 0 unspecified atom stereocenters. The average molecular weight is 283 g/mol. The van der Waals surface area contributed by atoms with E-state index in [2.05, 4.69) is 39.8 Å². The molecular weight excluding hydrogens is 262 g/mol. The number of aryl methyl sites for hydroxylation is 1. The van der Waals surface area contributed by atoms with Gasteiger partial charge in [0.05, 0.1) is 5.52 Å². The van der Waals surface area contributed by atoms with Crippen LogP contribution in [0.4, 0.5) is 0 Å². The van der Waals surface area contributed by atoms with E-state index >= 15 is 0 Å². The average Bonchev–Trinajstić information content (AvgIpc) is 2.42. The number of nitrogens with zero attached hydrogens (tertiary/aromatic N) is 1. The van der Waals surface area contributed by atoms with Crippen LogP contribution in [0.1, 0.15) is 44.5 Å². The van der Waals surface area contributed by atoms with Crippen molar-refractivity contribution in [2.75, 3.05) is 0 Å². The van der Waals surface area contributed by atoms with Gasteiger partial charge >= 0.3 is 5.97 Å². The number of carbonyl (C=O) groups is 1. The normalized spacial score (nSPS) is 12.2. The summed E-state index contributed by atoms with van der Waals surface area (Å²) in [6, 6.07) is 8.17. The van der Waals surface area contributed by atoms with Gasteiger partial charge in [-0.3, -0.25) is 4.98 Å². The van der Waals surface area contributed by atoms with Crippen molar-refractivity contribution in [2.45, 2.75) is 39.5 Å². The third kappa shape index (κ3) is 3.48. The molecule has 0 atom stereocenters. The molecule has 0 fully saturated rings. The van der Waals surface area contributed by atoms with E-state index in [0.29, 0.717) is 0 Å². The zero-order chi connectivity index (χ0) is 15.6. The van der Waals surface area contributed by atoms with Gasteiger partial charge in [-0.2, -0.15) is 0 Å². The molecule has 1 N–H and O–H groups in total. The number of benzene rings is 1. The highest BCUT2D eigenvalue weighted by molar-refractivity contribution is 5.93. The Morgan fingerprint density at radius 3 is 2.57 bits per heavy atom. The molecule has 0 radical (unpaired) electrons. The summed E-state index contributed by atoms with van der Waals surface area (Å²) in [5.41, 5.74) is 3.91. The fourth-order valence-corrected chi connectivity index (χ4v) is 2.20. The number of fused-ring (bicyclic) bond motifs is 1. The Morgan fingerprint density at radius 2 is 2.00 bits per heavy atom. The van der Waals surface area contributed by atoms with E-state index in [-0.39, 0.29) is 5.41 Å². The lowest BCUT2D eigenvalue weighted by molar-refractivity contribution is -0.131. The molecular formula is C18H21NO2. The van der Waals surface area contributed by atoms with Crippen LogP contribution in [-0.2, 0) is 16.6 Å². The maximum Gasteiger partial charge on any atom is 0.328 e. The fraction of sp³-hybridized carbons (Fsp3) is 0.333. The van der Waals surface area contributed by atoms with Gasteiger partial charge in [0.1, 0.15) is 0 Å². The predicted octanol–water partition coefficient (Wildman–Crippen LogP) is 4.19. The van der Waals surface area contributed by atoms with Gasteiger partial charge in [-0.1, -0.05) is 33.8 Å². The predicted molar refractivity (Wildman–Crippen MR) is 86.5 cm³/mol. The smallest absolute Gasteiger partial charge is 0.328 e. The van der Waals surface area contributed by atoms with Crippen LogP contribution in [-0.4, -0.2) is 16.1 Å². The van der Waals surface area contributed by atoms with E-state index in [1.165, 1.54) is 11.6 Å². The number of rotatable bonds is 3. The summed E-state index contributed by atoms with van der Waals surface area (Å²) >= 11 is 0. The molecule has 1 heterocycles. The van der Waals surface area contributed by atoms with Gasteiger partial charge in [0.25, 0.3) is 0 Å². The van der Waals surface area contributed by atoms with Gasteiger partial charge in [0, 0.05) is 22.6 Å². The van der Waals surface area contributed by atoms with Crippen molar-refractivity contribution in [2.24, 2.45) is 0 Å². The molecule has 0 amide bonds. The summed E-state index contributed by atoms with van der Waals surface area (Å²) in [5, 5.41) is 9.87. The van der Waals surface area contributed by atoms with Gasteiger partial charge < -0.3 is 5.11 Å². The third-order valence-electron chi connectivity index (χ3n) is 3.49. The summed E-state index contributed by atoms with van der Waals surface area (Å²) in [4.78, 5) is 15.5. The molecule has 3 heteroatoms. The van der Waals surface area contributed by atoms with Gasteiger partial charge in [0.15, 0.2) is 0 Å². The van der Waals surface area contributed by atoms with Gasteiger partial charge in [-0.15, -0.1) is 0 Å². The van der Waals surface area contributed by atoms with E-state index in [9.17, 15) is 4.79 Å². The van der Waals surface area contributed by atoms with Crippen LogP contribution >= 0.6 is 0 Å². The van der Waals surface area contributed by atoms with Crippen LogP contribution in [0.3, 0.4) is 0 Å². The second kappa shape index (κ2) is 5.68. The molecule has 0 aliphatic carbocycles. The fourth-order valence-electron chi connectivity index (χ4n) is 2.20. The summed E-state index contributed by atoms with van der Waals surface area (Å²) in [6.45, 7) is 8.41. The summed E-state index contributed by atoms with van der Waals surface area (Å²) < 4.78 is 0. The van der Waals surface area contributed by atoms with Crippen molar-refractivity contribution in [3.05, 3.63) is 47.2 Å². The molecule has 0 saturated heterocycles. The molecule has 1 aromatic carbocycles. The van der Waals surface area contributed by atoms with Crippen LogP contribution in [0.25, 0.3) is 17.0 Å². The summed E-state index contributed by atoms with van der Waals surface area (Å²) in [5.74, 6) is -0.941. The highest BCUT2D eigenvalue weighted by Crippen LogP contribution is 2.27. The second-order valence-electron chi connectivity index (χ2n) is 6.22. The van der Waals surface area contributed by atoms with E-state index < -0.39 is 5.97 Å². The minimum atomic E-state index is -0.941. The lowest BCUT2D eigenvalue weighted by Crippen LogP contribution is -2.13. The maximum atomic E-state index is 10.8. The van der Waals surface area contributed by atoms with E-state index in [4.69, 9.17) is 10.1 Å². The molecule has 1 aromatic heterocycles. The molecule has 0 saturated carbocycles. The van der Waals surface area contributed by atoms with Crippen LogP contribution in [0.15, 0.2) is 30.3 Å². The Bertz CT molecular complexity index is 709. The maximum absolute atomic E-state index is 10.8. The molecule has 2 rings (SSSR count). The second-order valence-corrected chi connectivity index (χ2v) is 6.22. The van der Waals surface area contributed by atoms with Crippen molar-refractivity contribution in [1.29, 1.82) is 0 Å². The van der Waals surface area contributed by atoms with Crippen molar-refractivity contribution in [1.82, 2.24) is 4.98 Å². The molecule has 3 nitrogen and oxygen atoms in total. The van der Waals surface area contributed by atoms with E-state index in [0.717, 1.165) is 28.6 Å². The van der Waals surface area contributed by atoms with E-state index in [1.807, 2.05) is 12.1 Å². The standard InChI is InChI=1S/C18H21NO2/c1-5-12-6-8-15-14(10-12)13(7-9-17(20)21)11-16(19-15)18(2,3)4/h6-11H,5H2,1-4H3,(H,20,21)/b9-7+. The Labute approximate surface area is 125 Å². The lowest BCUT2D eigenvalue weighted by Gasteiger charge is -2.19. The lowest BCUT2D eigenvalue weighted by atomic mass is 9.89. The Kier molecular flexibility index (Phi) is 4.12. The number of hydrogen-bond acceptors (Lipinski definition) is 2. The SMILES string of the molecule is CCc1ccc2nc(C(C)(C)C)cc(/C=C/C(=O)O)c2c1.